The van der Waals surface area contributed by atoms with Crippen LogP contribution < -0.4 is 5.32 Å². The van der Waals surface area contributed by atoms with E-state index in [4.69, 9.17) is 27.6 Å². The Hall–Kier alpha value is -3.87. The van der Waals surface area contributed by atoms with Crippen molar-refractivity contribution < 1.29 is 17.6 Å². The lowest BCUT2D eigenvalue weighted by molar-refractivity contribution is -0.117. The predicted octanol–water partition coefficient (Wildman–Crippen LogP) is 6.24. The summed E-state index contributed by atoms with van der Waals surface area (Å²) in [6, 6.07) is 27.6. The van der Waals surface area contributed by atoms with E-state index in [9.17, 15) is 18.5 Å². The van der Waals surface area contributed by atoms with Gasteiger partial charge in [0.2, 0.25) is 10.0 Å². The molecule has 10 heteroatoms. The summed E-state index contributed by atoms with van der Waals surface area (Å²) < 4.78 is 34.2. The van der Waals surface area contributed by atoms with Crippen LogP contribution in [0.5, 0.6) is 0 Å². The maximum atomic E-state index is 13.5. The molecule has 4 aromatic rings. The van der Waals surface area contributed by atoms with Gasteiger partial charge in [-0.15, -0.1) is 0 Å². The first-order valence-corrected chi connectivity index (χ1v) is 14.5. The van der Waals surface area contributed by atoms with Gasteiger partial charge >= 0.3 is 0 Å². The second-order valence-electron chi connectivity index (χ2n) is 8.82. The third kappa shape index (κ3) is 7.84. The maximum absolute atomic E-state index is 13.5. The Bertz CT molecular complexity index is 1630. The van der Waals surface area contributed by atoms with E-state index in [1.54, 1.807) is 36.4 Å². The molecule has 0 bridgehead atoms. The molecule has 1 N–H and O–H groups in total. The number of carbonyl (C=O) groups excluding carboxylic acids is 1. The Morgan fingerprint density at radius 1 is 0.875 bits per heavy atom. The largest absolute Gasteiger partial charge is 0.460 e. The van der Waals surface area contributed by atoms with Gasteiger partial charge in [0.1, 0.15) is 23.2 Å². The molecule has 7 nitrogen and oxygen atoms in total. The minimum absolute atomic E-state index is 0.0568. The summed E-state index contributed by atoms with van der Waals surface area (Å²) in [5.41, 5.74) is 1.67. The van der Waals surface area contributed by atoms with Crippen LogP contribution in [0.1, 0.15) is 22.6 Å². The highest BCUT2D eigenvalue weighted by atomic mass is 35.5. The Kier molecular flexibility index (Phi) is 9.80. The smallest absolute Gasteiger partial charge is 0.262 e. The number of carbonyl (C=O) groups is 1. The minimum Gasteiger partial charge on any atom is -0.460 e. The number of nitriles is 1. The van der Waals surface area contributed by atoms with Crippen LogP contribution in [0.15, 0.2) is 106 Å². The van der Waals surface area contributed by atoms with Crippen LogP contribution in [0, 0.1) is 11.3 Å². The summed E-state index contributed by atoms with van der Waals surface area (Å²) in [5.74, 6) is 0.0608. The van der Waals surface area contributed by atoms with Crippen molar-refractivity contribution in [2.24, 2.45) is 0 Å². The Morgan fingerprint density at radius 3 is 2.17 bits per heavy atom. The zero-order valence-corrected chi connectivity index (χ0v) is 23.6. The molecule has 0 aliphatic heterocycles. The van der Waals surface area contributed by atoms with Crippen molar-refractivity contribution in [3.8, 4) is 6.07 Å². The van der Waals surface area contributed by atoms with E-state index in [-0.39, 0.29) is 29.3 Å². The number of sulfonamides is 1. The Balaban J connectivity index is 1.50. The fourth-order valence-electron chi connectivity index (χ4n) is 3.86. The van der Waals surface area contributed by atoms with E-state index in [1.807, 2.05) is 36.4 Å². The fraction of sp³-hybridized carbons (Fsp3) is 0.133. The van der Waals surface area contributed by atoms with Gasteiger partial charge in [0, 0.05) is 29.2 Å². The minimum atomic E-state index is -3.94. The van der Waals surface area contributed by atoms with Gasteiger partial charge in [-0.3, -0.25) is 4.79 Å². The van der Waals surface area contributed by atoms with Crippen LogP contribution in [0.3, 0.4) is 0 Å². The predicted molar refractivity (Wildman–Crippen MR) is 155 cm³/mol. The van der Waals surface area contributed by atoms with Crippen molar-refractivity contribution in [1.29, 1.82) is 5.26 Å². The second kappa shape index (κ2) is 13.5. The van der Waals surface area contributed by atoms with Gasteiger partial charge in [-0.2, -0.15) is 9.57 Å². The molecule has 0 unspecified atom stereocenters. The molecule has 0 aliphatic carbocycles. The molecule has 40 heavy (non-hydrogen) atoms. The van der Waals surface area contributed by atoms with E-state index >= 15 is 0 Å². The summed E-state index contributed by atoms with van der Waals surface area (Å²) in [6.07, 6.45) is 1.96. The summed E-state index contributed by atoms with van der Waals surface area (Å²) in [7, 11) is -3.94. The third-order valence-corrected chi connectivity index (χ3v) is 8.24. The number of amides is 1. The van der Waals surface area contributed by atoms with Gasteiger partial charge in [-0.25, -0.2) is 8.42 Å². The Labute approximate surface area is 243 Å². The molecular weight excluding hydrogens is 569 g/mol. The van der Waals surface area contributed by atoms with Crippen LogP contribution in [-0.2, 0) is 34.3 Å². The van der Waals surface area contributed by atoms with Gasteiger partial charge in [0.15, 0.2) is 0 Å². The zero-order chi connectivity index (χ0) is 28.5. The molecule has 0 saturated carbocycles. The maximum Gasteiger partial charge on any atom is 0.262 e. The van der Waals surface area contributed by atoms with Crippen LogP contribution >= 0.6 is 23.2 Å². The van der Waals surface area contributed by atoms with Crippen LogP contribution in [0.25, 0.3) is 6.08 Å². The fourth-order valence-corrected chi connectivity index (χ4v) is 5.50. The van der Waals surface area contributed by atoms with E-state index in [0.717, 1.165) is 11.1 Å². The Morgan fingerprint density at radius 2 is 1.52 bits per heavy atom. The number of furan rings is 1. The van der Waals surface area contributed by atoms with Crippen LogP contribution in [0.2, 0.25) is 10.0 Å². The average molecular weight is 595 g/mol. The first kappa shape index (κ1) is 29.1. The lowest BCUT2D eigenvalue weighted by atomic mass is 10.1. The number of nitrogens with zero attached hydrogens (tertiary/aromatic N) is 2. The molecule has 0 radical (unpaired) electrons. The normalized spacial score (nSPS) is 11.8. The number of hydrogen-bond acceptors (Lipinski definition) is 5. The highest BCUT2D eigenvalue weighted by Crippen LogP contribution is 2.24. The summed E-state index contributed by atoms with van der Waals surface area (Å²) in [5, 5.41) is 13.2. The molecule has 1 aromatic heterocycles. The zero-order valence-electron chi connectivity index (χ0n) is 21.3. The van der Waals surface area contributed by atoms with E-state index in [1.165, 1.54) is 34.6 Å². The monoisotopic (exact) mass is 593 g/mol. The molecule has 0 saturated heterocycles. The van der Waals surface area contributed by atoms with E-state index in [0.29, 0.717) is 28.8 Å². The topological polar surface area (TPSA) is 103 Å². The first-order valence-electron chi connectivity index (χ1n) is 12.3. The third-order valence-electron chi connectivity index (χ3n) is 5.93. The van der Waals surface area contributed by atoms with Gasteiger partial charge in [-0.05, 0) is 66.1 Å². The molecule has 0 fully saturated rings. The molecule has 4 rings (SSSR count). The number of nitrogens with one attached hydrogen (secondary N) is 1. The van der Waals surface area contributed by atoms with Gasteiger partial charge in [0.05, 0.1) is 11.4 Å². The summed E-state index contributed by atoms with van der Waals surface area (Å²) in [4.78, 5) is 12.6. The van der Waals surface area contributed by atoms with Gasteiger partial charge in [-0.1, -0.05) is 65.7 Å². The standard InChI is InChI=1S/C30H25Cl2N3O4S/c31-25-8-6-23(7-9-25)20-35(40(37,38)29-14-10-26(32)11-15-29)21-28-13-12-27(39-28)18-24(19-33)30(36)34-17-16-22-4-2-1-3-5-22/h1-15,18H,16-17,20-21H2,(H,34,36)/b24-18-. The molecule has 1 heterocycles. The van der Waals surface area contributed by atoms with Crippen molar-refractivity contribution in [2.75, 3.05) is 6.54 Å². The summed E-state index contributed by atoms with van der Waals surface area (Å²) >= 11 is 12.0. The first-order chi connectivity index (χ1) is 19.2. The molecule has 0 atom stereocenters. The number of halogens is 2. The number of hydrogen-bond donors (Lipinski definition) is 1. The number of rotatable bonds is 11. The molecule has 1 amide bonds. The lowest BCUT2D eigenvalue weighted by Gasteiger charge is -2.21. The lowest BCUT2D eigenvalue weighted by Crippen LogP contribution is -2.30. The highest BCUT2D eigenvalue weighted by Gasteiger charge is 2.26. The molecule has 3 aromatic carbocycles. The molecule has 0 aliphatic rings. The molecular formula is C30H25Cl2N3O4S. The van der Waals surface area contributed by atoms with E-state index in [2.05, 4.69) is 5.32 Å². The number of benzene rings is 3. The molecule has 0 spiro atoms. The van der Waals surface area contributed by atoms with E-state index < -0.39 is 15.9 Å². The van der Waals surface area contributed by atoms with Gasteiger partial charge in [0.25, 0.3) is 5.91 Å². The van der Waals surface area contributed by atoms with Crippen LogP contribution in [0.4, 0.5) is 0 Å². The second-order valence-corrected chi connectivity index (χ2v) is 11.6. The average Bonchev–Trinajstić information content (AvgIpc) is 3.40. The highest BCUT2D eigenvalue weighted by molar-refractivity contribution is 7.89. The van der Waals surface area contributed by atoms with Crippen molar-refractivity contribution >= 4 is 45.2 Å². The summed E-state index contributed by atoms with van der Waals surface area (Å²) in [6.45, 7) is 0.335. The van der Waals surface area contributed by atoms with Crippen molar-refractivity contribution in [3.05, 3.63) is 129 Å². The van der Waals surface area contributed by atoms with Crippen LogP contribution in [-0.4, -0.2) is 25.2 Å². The van der Waals surface area contributed by atoms with Crippen molar-refractivity contribution in [2.45, 2.75) is 24.4 Å². The SMILES string of the molecule is N#C/C(=C/c1ccc(CN(Cc2ccc(Cl)cc2)S(=O)(=O)c2ccc(Cl)cc2)o1)C(=O)NCCc1ccccc1. The quantitative estimate of drug-likeness (QED) is 0.164. The van der Waals surface area contributed by atoms with Gasteiger partial charge < -0.3 is 9.73 Å². The molecule has 204 valence electrons. The van der Waals surface area contributed by atoms with Crippen molar-refractivity contribution in [1.82, 2.24) is 9.62 Å². The van der Waals surface area contributed by atoms with Crippen molar-refractivity contribution in [3.63, 3.8) is 0 Å².